The van der Waals surface area contributed by atoms with E-state index in [-0.39, 0.29) is 12.1 Å². The van der Waals surface area contributed by atoms with Crippen LogP contribution in [0.25, 0.3) is 11.1 Å². The number of nitrogens with one attached hydrogen (secondary N) is 1. The van der Waals surface area contributed by atoms with Crippen LogP contribution in [0.1, 0.15) is 28.4 Å². The van der Waals surface area contributed by atoms with E-state index in [0.717, 1.165) is 28.8 Å². The molecule has 5 heteroatoms. The van der Waals surface area contributed by atoms with Crippen LogP contribution in [0.2, 0.25) is 0 Å². The first kappa shape index (κ1) is 17.0. The van der Waals surface area contributed by atoms with Crippen molar-refractivity contribution in [1.29, 1.82) is 0 Å². The molecule has 1 aromatic heterocycles. The maximum absolute atomic E-state index is 13.0. The van der Waals surface area contributed by atoms with Gasteiger partial charge in [0.1, 0.15) is 0 Å². The molecule has 0 atom stereocenters. The molecule has 28 heavy (non-hydrogen) atoms. The molecule has 2 aromatic carbocycles. The fourth-order valence-corrected chi connectivity index (χ4v) is 4.18. The van der Waals surface area contributed by atoms with Gasteiger partial charge < -0.3 is 15.0 Å². The molecule has 2 heterocycles. The highest BCUT2D eigenvalue weighted by Gasteiger charge is 2.33. The molecule has 0 radical (unpaired) electrons. The first-order chi connectivity index (χ1) is 13.7. The predicted molar refractivity (Wildman–Crippen MR) is 108 cm³/mol. The van der Waals surface area contributed by atoms with Crippen LogP contribution in [0, 0.1) is 0 Å². The number of nitrogens with zero attached hydrogens (tertiary/aromatic N) is 2. The van der Waals surface area contributed by atoms with Crippen molar-refractivity contribution in [3.8, 4) is 11.1 Å². The van der Waals surface area contributed by atoms with Crippen molar-refractivity contribution in [3.05, 3.63) is 83.2 Å². The summed E-state index contributed by atoms with van der Waals surface area (Å²) in [5.41, 5.74) is 7.47. The highest BCUT2D eigenvalue weighted by Crippen LogP contribution is 2.45. The zero-order chi connectivity index (χ0) is 19.1. The smallest absolute Gasteiger partial charge is 0.322 e. The minimum atomic E-state index is -0.157. The minimum absolute atomic E-state index is 0.110. The van der Waals surface area contributed by atoms with Crippen LogP contribution in [0.4, 0.5) is 10.5 Å². The molecule has 0 saturated heterocycles. The summed E-state index contributed by atoms with van der Waals surface area (Å²) < 4.78 is 5.50. The summed E-state index contributed by atoms with van der Waals surface area (Å²) in [5.74, 6) is 0. The van der Waals surface area contributed by atoms with Gasteiger partial charge in [0.05, 0.1) is 31.1 Å². The highest BCUT2D eigenvalue weighted by atomic mass is 16.5. The Kier molecular flexibility index (Phi) is 4.10. The number of ether oxygens (including phenoxy) is 1. The Morgan fingerprint density at radius 2 is 1.79 bits per heavy atom. The molecule has 0 unspecified atom stereocenters. The number of rotatable bonds is 2. The van der Waals surface area contributed by atoms with Crippen LogP contribution in [0.3, 0.4) is 0 Å². The zero-order valence-electron chi connectivity index (χ0n) is 15.7. The standard InChI is InChI=1S/C23H21N3O2/c1-26(23(27)25-16-12-15-14-28-11-10-21(15)24-13-16)22-19-8-4-2-6-17(19)18-7-3-5-9-20(18)22/h2-9,12-13,22H,10-11,14H2,1H3,(H,25,27). The van der Waals surface area contributed by atoms with E-state index < -0.39 is 0 Å². The van der Waals surface area contributed by atoms with E-state index in [9.17, 15) is 4.79 Å². The average molecular weight is 371 g/mol. The number of hydrogen-bond donors (Lipinski definition) is 1. The summed E-state index contributed by atoms with van der Waals surface area (Å²) in [5, 5.41) is 3.00. The molecule has 0 spiro atoms. The van der Waals surface area contributed by atoms with Gasteiger partial charge in [0.25, 0.3) is 0 Å². The lowest BCUT2D eigenvalue weighted by molar-refractivity contribution is 0.109. The fraction of sp³-hybridized carbons (Fsp3) is 0.217. The molecule has 1 aliphatic carbocycles. The number of benzene rings is 2. The van der Waals surface area contributed by atoms with Gasteiger partial charge in [-0.05, 0) is 28.3 Å². The van der Waals surface area contributed by atoms with E-state index in [2.05, 4.69) is 34.6 Å². The van der Waals surface area contributed by atoms with Gasteiger partial charge in [0.15, 0.2) is 0 Å². The lowest BCUT2D eigenvalue weighted by Crippen LogP contribution is -2.34. The fourth-order valence-electron chi connectivity index (χ4n) is 4.18. The maximum Gasteiger partial charge on any atom is 0.322 e. The normalized spacial score (nSPS) is 14.8. The molecule has 140 valence electrons. The van der Waals surface area contributed by atoms with Gasteiger partial charge in [-0.2, -0.15) is 0 Å². The third-order valence-corrected chi connectivity index (χ3v) is 5.56. The Morgan fingerprint density at radius 3 is 2.50 bits per heavy atom. The van der Waals surface area contributed by atoms with Gasteiger partial charge in [-0.1, -0.05) is 48.5 Å². The van der Waals surface area contributed by atoms with Gasteiger partial charge in [-0.3, -0.25) is 4.98 Å². The van der Waals surface area contributed by atoms with Crippen molar-refractivity contribution < 1.29 is 9.53 Å². The van der Waals surface area contributed by atoms with Crippen molar-refractivity contribution in [1.82, 2.24) is 9.88 Å². The second-order valence-electron chi connectivity index (χ2n) is 7.25. The number of carbonyl (C=O) groups is 1. The molecule has 2 amide bonds. The van der Waals surface area contributed by atoms with Crippen LogP contribution in [0.5, 0.6) is 0 Å². The molecule has 3 aromatic rings. The van der Waals surface area contributed by atoms with Gasteiger partial charge in [0, 0.05) is 24.7 Å². The molecule has 1 aliphatic heterocycles. The lowest BCUT2D eigenvalue weighted by Gasteiger charge is -2.27. The SMILES string of the molecule is CN(C(=O)Nc1cnc2c(c1)COCC2)C1c2ccccc2-c2ccccc21. The minimum Gasteiger partial charge on any atom is -0.376 e. The summed E-state index contributed by atoms with van der Waals surface area (Å²) in [4.78, 5) is 19.3. The number of amides is 2. The van der Waals surface area contributed by atoms with Crippen molar-refractivity contribution >= 4 is 11.7 Å². The molecule has 2 aliphatic rings. The quantitative estimate of drug-likeness (QED) is 0.727. The number of hydrogen-bond acceptors (Lipinski definition) is 3. The van der Waals surface area contributed by atoms with E-state index in [1.165, 1.54) is 11.1 Å². The van der Waals surface area contributed by atoms with Gasteiger partial charge in [-0.15, -0.1) is 0 Å². The van der Waals surface area contributed by atoms with E-state index in [1.54, 1.807) is 11.1 Å². The van der Waals surface area contributed by atoms with E-state index >= 15 is 0 Å². The third-order valence-electron chi connectivity index (χ3n) is 5.56. The Bertz CT molecular complexity index is 1020. The van der Waals surface area contributed by atoms with E-state index in [0.29, 0.717) is 18.9 Å². The summed E-state index contributed by atoms with van der Waals surface area (Å²) in [7, 11) is 1.84. The van der Waals surface area contributed by atoms with Crippen LogP contribution in [0.15, 0.2) is 60.8 Å². The largest absolute Gasteiger partial charge is 0.376 e. The van der Waals surface area contributed by atoms with Crippen LogP contribution < -0.4 is 5.32 Å². The summed E-state index contributed by atoms with van der Waals surface area (Å²) >= 11 is 0. The maximum atomic E-state index is 13.0. The second-order valence-corrected chi connectivity index (χ2v) is 7.25. The molecular formula is C23H21N3O2. The third kappa shape index (κ3) is 2.75. The number of anilines is 1. The zero-order valence-corrected chi connectivity index (χ0v) is 15.7. The molecule has 5 rings (SSSR count). The Morgan fingerprint density at radius 1 is 1.11 bits per heavy atom. The van der Waals surface area contributed by atoms with Gasteiger partial charge in [0.2, 0.25) is 0 Å². The Balaban J connectivity index is 1.43. The number of fused-ring (bicyclic) bond motifs is 4. The highest BCUT2D eigenvalue weighted by molar-refractivity contribution is 5.91. The number of pyridine rings is 1. The van der Waals surface area contributed by atoms with Gasteiger partial charge in [-0.25, -0.2) is 4.79 Å². The number of carbonyl (C=O) groups excluding carboxylic acids is 1. The van der Waals surface area contributed by atoms with Crippen LogP contribution in [-0.2, 0) is 17.8 Å². The predicted octanol–water partition coefficient (Wildman–Crippen LogP) is 4.39. The van der Waals surface area contributed by atoms with Gasteiger partial charge >= 0.3 is 6.03 Å². The summed E-state index contributed by atoms with van der Waals surface area (Å²) in [6, 6.07) is 18.3. The molecule has 0 fully saturated rings. The van der Waals surface area contributed by atoms with E-state index in [1.807, 2.05) is 37.4 Å². The lowest BCUT2D eigenvalue weighted by atomic mass is 10.0. The molecule has 1 N–H and O–H groups in total. The average Bonchev–Trinajstić information content (AvgIpc) is 3.07. The van der Waals surface area contributed by atoms with Crippen molar-refractivity contribution in [3.63, 3.8) is 0 Å². The van der Waals surface area contributed by atoms with Crippen molar-refractivity contribution in [2.75, 3.05) is 19.0 Å². The molecular weight excluding hydrogens is 350 g/mol. The van der Waals surface area contributed by atoms with E-state index in [4.69, 9.17) is 4.74 Å². The molecule has 0 saturated carbocycles. The second kappa shape index (κ2) is 6.77. The van der Waals surface area contributed by atoms with Crippen LogP contribution >= 0.6 is 0 Å². The molecule has 5 nitrogen and oxygen atoms in total. The monoisotopic (exact) mass is 371 g/mol. The van der Waals surface area contributed by atoms with Crippen molar-refractivity contribution in [2.24, 2.45) is 0 Å². The first-order valence-electron chi connectivity index (χ1n) is 9.50. The summed E-state index contributed by atoms with van der Waals surface area (Å²) in [6.07, 6.45) is 2.55. The topological polar surface area (TPSA) is 54.5 Å². The number of aromatic nitrogens is 1. The first-order valence-corrected chi connectivity index (χ1v) is 9.50. The van der Waals surface area contributed by atoms with Crippen molar-refractivity contribution in [2.45, 2.75) is 19.1 Å². The molecule has 0 bridgehead atoms. The van der Waals surface area contributed by atoms with Crippen LogP contribution in [-0.4, -0.2) is 29.6 Å². The number of urea groups is 1. The summed E-state index contributed by atoms with van der Waals surface area (Å²) in [6.45, 7) is 1.25. The Hall–Kier alpha value is -3.18. The Labute approximate surface area is 164 Å².